The molecule has 1 saturated heterocycles. The Bertz CT molecular complexity index is 264. The first-order chi connectivity index (χ1) is 9.19. The third kappa shape index (κ3) is 5.59. The predicted molar refractivity (Wildman–Crippen MR) is 69.6 cm³/mol. The molecular formula is C14H24O5. The van der Waals surface area contributed by atoms with Crippen LogP contribution in [0.1, 0.15) is 46.0 Å². The summed E-state index contributed by atoms with van der Waals surface area (Å²) in [5.74, 6) is -1.82. The van der Waals surface area contributed by atoms with E-state index in [0.717, 1.165) is 25.7 Å². The number of ether oxygens (including phenoxy) is 3. The molecule has 0 saturated carbocycles. The van der Waals surface area contributed by atoms with Gasteiger partial charge in [-0.25, -0.2) is 0 Å². The molecule has 19 heavy (non-hydrogen) atoms. The lowest BCUT2D eigenvalue weighted by Gasteiger charge is -2.18. The fraction of sp³-hybridized carbons (Fsp3) is 0.857. The van der Waals surface area contributed by atoms with Crippen molar-refractivity contribution >= 4 is 11.9 Å². The maximum atomic E-state index is 11.9. The molecule has 0 aromatic rings. The molecule has 1 aliphatic heterocycles. The van der Waals surface area contributed by atoms with Crippen LogP contribution in [-0.2, 0) is 23.8 Å². The van der Waals surface area contributed by atoms with Gasteiger partial charge in [-0.1, -0.05) is 13.8 Å². The van der Waals surface area contributed by atoms with Crippen LogP contribution in [-0.4, -0.2) is 37.9 Å². The van der Waals surface area contributed by atoms with Crippen molar-refractivity contribution in [3.05, 3.63) is 0 Å². The first-order valence-electron chi connectivity index (χ1n) is 7.13. The van der Waals surface area contributed by atoms with Gasteiger partial charge in [0.25, 0.3) is 0 Å². The molecule has 5 nitrogen and oxygen atoms in total. The van der Waals surface area contributed by atoms with Gasteiger partial charge in [-0.15, -0.1) is 0 Å². The minimum Gasteiger partial charge on any atom is -0.465 e. The minimum absolute atomic E-state index is 0.0339. The Morgan fingerprint density at radius 2 is 1.74 bits per heavy atom. The van der Waals surface area contributed by atoms with Gasteiger partial charge >= 0.3 is 11.9 Å². The molecule has 110 valence electrons. The summed E-state index contributed by atoms with van der Waals surface area (Å²) in [6.07, 6.45) is 3.67. The maximum Gasteiger partial charge on any atom is 0.320 e. The zero-order chi connectivity index (χ0) is 14.1. The van der Waals surface area contributed by atoms with Crippen molar-refractivity contribution in [2.75, 3.05) is 19.8 Å². The van der Waals surface area contributed by atoms with Gasteiger partial charge in [0.05, 0.1) is 19.3 Å². The SMILES string of the molecule is CCCOC(=O)C(CC1CCCO1)C(=O)OCCC. The van der Waals surface area contributed by atoms with Crippen LogP contribution in [0.2, 0.25) is 0 Å². The topological polar surface area (TPSA) is 61.8 Å². The van der Waals surface area contributed by atoms with Crippen molar-refractivity contribution in [2.45, 2.75) is 52.1 Å². The molecule has 0 spiro atoms. The van der Waals surface area contributed by atoms with Crippen LogP contribution in [0.25, 0.3) is 0 Å². The number of carbonyl (C=O) groups is 2. The monoisotopic (exact) mass is 272 g/mol. The van der Waals surface area contributed by atoms with Gasteiger partial charge in [-0.05, 0) is 32.1 Å². The van der Waals surface area contributed by atoms with E-state index in [4.69, 9.17) is 14.2 Å². The smallest absolute Gasteiger partial charge is 0.320 e. The number of esters is 2. The molecule has 0 N–H and O–H groups in total. The Balaban J connectivity index is 2.54. The lowest BCUT2D eigenvalue weighted by Crippen LogP contribution is -2.31. The van der Waals surface area contributed by atoms with E-state index in [2.05, 4.69) is 0 Å². The summed E-state index contributed by atoms with van der Waals surface area (Å²) in [6.45, 7) is 5.20. The molecule has 1 heterocycles. The molecule has 0 aromatic heterocycles. The van der Waals surface area contributed by atoms with Gasteiger partial charge < -0.3 is 14.2 Å². The van der Waals surface area contributed by atoms with Crippen LogP contribution in [0.5, 0.6) is 0 Å². The summed E-state index contributed by atoms with van der Waals surface area (Å²) in [7, 11) is 0. The van der Waals surface area contributed by atoms with Crippen molar-refractivity contribution in [2.24, 2.45) is 5.92 Å². The molecule has 1 fully saturated rings. The Labute approximate surface area is 114 Å². The average Bonchev–Trinajstić information content (AvgIpc) is 2.92. The second-order valence-corrected chi connectivity index (χ2v) is 4.76. The molecule has 1 aliphatic rings. The van der Waals surface area contributed by atoms with Crippen LogP contribution in [0.4, 0.5) is 0 Å². The summed E-state index contributed by atoms with van der Waals surface area (Å²) in [6, 6.07) is 0. The van der Waals surface area contributed by atoms with E-state index in [9.17, 15) is 9.59 Å². The van der Waals surface area contributed by atoms with Crippen LogP contribution < -0.4 is 0 Å². The first-order valence-corrected chi connectivity index (χ1v) is 7.13. The summed E-state index contributed by atoms with van der Waals surface area (Å²) in [5, 5.41) is 0. The van der Waals surface area contributed by atoms with Crippen molar-refractivity contribution in [1.29, 1.82) is 0 Å². The van der Waals surface area contributed by atoms with Gasteiger partial charge in [0.1, 0.15) is 0 Å². The van der Waals surface area contributed by atoms with E-state index >= 15 is 0 Å². The van der Waals surface area contributed by atoms with Crippen molar-refractivity contribution in [1.82, 2.24) is 0 Å². The molecule has 0 radical (unpaired) electrons. The summed E-state index contributed by atoms with van der Waals surface area (Å²) >= 11 is 0. The molecule has 0 amide bonds. The Hall–Kier alpha value is -1.10. The highest BCUT2D eigenvalue weighted by atomic mass is 16.6. The van der Waals surface area contributed by atoms with E-state index < -0.39 is 17.9 Å². The number of hydrogen-bond donors (Lipinski definition) is 0. The molecular weight excluding hydrogens is 248 g/mol. The fourth-order valence-electron chi connectivity index (χ4n) is 1.99. The summed E-state index contributed by atoms with van der Waals surface area (Å²) in [4.78, 5) is 23.8. The van der Waals surface area contributed by atoms with E-state index in [1.807, 2.05) is 13.8 Å². The zero-order valence-electron chi connectivity index (χ0n) is 11.9. The van der Waals surface area contributed by atoms with Crippen LogP contribution in [0.15, 0.2) is 0 Å². The third-order valence-corrected chi connectivity index (χ3v) is 2.99. The highest BCUT2D eigenvalue weighted by Gasteiger charge is 2.33. The molecule has 1 rings (SSSR count). The first kappa shape index (κ1) is 16.0. The minimum atomic E-state index is -0.846. The molecule has 1 unspecified atom stereocenters. The van der Waals surface area contributed by atoms with Crippen molar-refractivity contribution in [3.8, 4) is 0 Å². The standard InChI is InChI=1S/C14H24O5/c1-3-7-18-13(15)12(14(16)19-8-4-2)10-11-6-5-9-17-11/h11-12H,3-10H2,1-2H3. The number of carbonyl (C=O) groups excluding carboxylic acids is 2. The average molecular weight is 272 g/mol. The summed E-state index contributed by atoms with van der Waals surface area (Å²) < 4.78 is 15.6. The van der Waals surface area contributed by atoms with Crippen LogP contribution in [0, 0.1) is 5.92 Å². The quantitative estimate of drug-likeness (QED) is 0.500. The Morgan fingerprint density at radius 1 is 1.16 bits per heavy atom. The molecule has 0 bridgehead atoms. The van der Waals surface area contributed by atoms with Crippen molar-refractivity contribution < 1.29 is 23.8 Å². The lowest BCUT2D eigenvalue weighted by atomic mass is 10.00. The highest BCUT2D eigenvalue weighted by Crippen LogP contribution is 2.22. The maximum absolute atomic E-state index is 11.9. The predicted octanol–water partition coefficient (Wildman–Crippen LogP) is 2.08. The van der Waals surface area contributed by atoms with Crippen LogP contribution >= 0.6 is 0 Å². The Morgan fingerprint density at radius 3 is 2.16 bits per heavy atom. The molecule has 5 heteroatoms. The van der Waals surface area contributed by atoms with E-state index in [1.54, 1.807) is 0 Å². The van der Waals surface area contributed by atoms with Gasteiger partial charge in [-0.3, -0.25) is 9.59 Å². The normalized spacial score (nSPS) is 18.6. The lowest BCUT2D eigenvalue weighted by molar-refractivity contribution is -0.163. The largest absolute Gasteiger partial charge is 0.465 e. The number of rotatable bonds is 8. The number of hydrogen-bond acceptors (Lipinski definition) is 5. The molecule has 0 aliphatic carbocycles. The van der Waals surface area contributed by atoms with Gasteiger partial charge in [0, 0.05) is 6.61 Å². The molecule has 0 aromatic carbocycles. The van der Waals surface area contributed by atoms with Gasteiger partial charge in [0.2, 0.25) is 0 Å². The summed E-state index contributed by atoms with van der Waals surface area (Å²) in [5.41, 5.74) is 0. The third-order valence-electron chi connectivity index (χ3n) is 2.99. The second-order valence-electron chi connectivity index (χ2n) is 4.76. The van der Waals surface area contributed by atoms with Gasteiger partial charge in [0.15, 0.2) is 5.92 Å². The van der Waals surface area contributed by atoms with E-state index in [0.29, 0.717) is 26.2 Å². The zero-order valence-corrected chi connectivity index (χ0v) is 11.9. The van der Waals surface area contributed by atoms with Gasteiger partial charge in [-0.2, -0.15) is 0 Å². The van der Waals surface area contributed by atoms with E-state index in [1.165, 1.54) is 0 Å². The Kier molecular flexibility index (Phi) is 7.48. The molecule has 1 atom stereocenters. The second kappa shape index (κ2) is 8.91. The fourth-order valence-corrected chi connectivity index (χ4v) is 1.99. The van der Waals surface area contributed by atoms with Crippen LogP contribution in [0.3, 0.4) is 0 Å². The highest BCUT2D eigenvalue weighted by molar-refractivity contribution is 5.94. The van der Waals surface area contributed by atoms with E-state index in [-0.39, 0.29) is 6.10 Å². The van der Waals surface area contributed by atoms with Crippen molar-refractivity contribution in [3.63, 3.8) is 0 Å².